The Hall–Kier alpha value is -3.08. The van der Waals surface area contributed by atoms with Crippen LogP contribution in [0.25, 0.3) is 23.4 Å². The lowest BCUT2D eigenvalue weighted by atomic mass is 10.1. The summed E-state index contributed by atoms with van der Waals surface area (Å²) in [5.41, 5.74) is 1.64. The van der Waals surface area contributed by atoms with Crippen molar-refractivity contribution in [3.05, 3.63) is 66.2 Å². The SMILES string of the molecule is CC(C)(C)OC(=O)n1nc(-c2ccccc2)cc1/C=C/c1ccco1. The molecule has 3 rings (SSSR count). The van der Waals surface area contributed by atoms with Crippen LogP contribution in [0.4, 0.5) is 4.79 Å². The minimum Gasteiger partial charge on any atom is -0.465 e. The lowest BCUT2D eigenvalue weighted by Crippen LogP contribution is -2.28. The molecule has 0 unspecified atom stereocenters. The van der Waals surface area contributed by atoms with Crippen molar-refractivity contribution in [1.82, 2.24) is 9.78 Å². The van der Waals surface area contributed by atoms with E-state index in [1.165, 1.54) is 4.68 Å². The Morgan fingerprint density at radius 3 is 2.52 bits per heavy atom. The van der Waals surface area contributed by atoms with Crippen molar-refractivity contribution in [3.8, 4) is 11.3 Å². The quantitative estimate of drug-likeness (QED) is 0.668. The molecule has 0 aliphatic carbocycles. The van der Waals surface area contributed by atoms with Crippen LogP contribution in [0.5, 0.6) is 0 Å². The van der Waals surface area contributed by atoms with E-state index in [2.05, 4.69) is 5.10 Å². The molecule has 2 heterocycles. The number of carbonyl (C=O) groups excluding carboxylic acids is 1. The van der Waals surface area contributed by atoms with E-state index < -0.39 is 11.7 Å². The first-order valence-electron chi connectivity index (χ1n) is 8.03. The van der Waals surface area contributed by atoms with Gasteiger partial charge in [-0.05, 0) is 51.1 Å². The largest absolute Gasteiger partial charge is 0.465 e. The molecule has 3 aromatic rings. The highest BCUT2D eigenvalue weighted by Crippen LogP contribution is 2.21. The van der Waals surface area contributed by atoms with E-state index in [-0.39, 0.29) is 0 Å². The second-order valence-electron chi connectivity index (χ2n) is 6.56. The van der Waals surface area contributed by atoms with Gasteiger partial charge in [0.1, 0.15) is 11.4 Å². The fraction of sp³-hybridized carbons (Fsp3) is 0.200. The molecular formula is C20H20N2O3. The van der Waals surface area contributed by atoms with Gasteiger partial charge < -0.3 is 9.15 Å². The second-order valence-corrected chi connectivity index (χ2v) is 6.56. The van der Waals surface area contributed by atoms with Crippen molar-refractivity contribution in [2.24, 2.45) is 0 Å². The van der Waals surface area contributed by atoms with Crippen LogP contribution in [0.3, 0.4) is 0 Å². The Kier molecular flexibility index (Phi) is 4.57. The van der Waals surface area contributed by atoms with E-state index in [1.807, 2.05) is 63.2 Å². The molecule has 0 atom stereocenters. The molecule has 0 aliphatic heterocycles. The van der Waals surface area contributed by atoms with Crippen LogP contribution in [0, 0.1) is 0 Å². The zero-order valence-corrected chi connectivity index (χ0v) is 14.5. The Morgan fingerprint density at radius 1 is 1.12 bits per heavy atom. The van der Waals surface area contributed by atoms with Gasteiger partial charge in [0.15, 0.2) is 0 Å². The van der Waals surface area contributed by atoms with E-state index >= 15 is 0 Å². The first-order chi connectivity index (χ1) is 11.9. The van der Waals surface area contributed by atoms with E-state index in [0.717, 1.165) is 5.56 Å². The van der Waals surface area contributed by atoms with E-state index in [0.29, 0.717) is 17.1 Å². The molecule has 5 nitrogen and oxygen atoms in total. The zero-order chi connectivity index (χ0) is 17.9. The normalized spacial score (nSPS) is 11.8. The standard InChI is InChI=1S/C20H20N2O3/c1-20(2,3)25-19(23)22-16(11-12-17-10-7-13-24-17)14-18(21-22)15-8-5-4-6-9-15/h4-14H,1-3H3/b12-11+. The minimum atomic E-state index is -0.599. The van der Waals surface area contributed by atoms with Crippen LogP contribution < -0.4 is 0 Å². The first-order valence-corrected chi connectivity index (χ1v) is 8.03. The van der Waals surface area contributed by atoms with Crippen LogP contribution >= 0.6 is 0 Å². The Labute approximate surface area is 146 Å². The Bertz CT molecular complexity index is 870. The summed E-state index contributed by atoms with van der Waals surface area (Å²) in [6.45, 7) is 5.47. The lowest BCUT2D eigenvalue weighted by molar-refractivity contribution is 0.0514. The number of ether oxygens (including phenoxy) is 1. The number of carbonyl (C=O) groups is 1. The maximum Gasteiger partial charge on any atom is 0.435 e. The summed E-state index contributed by atoms with van der Waals surface area (Å²) >= 11 is 0. The molecule has 0 amide bonds. The average molecular weight is 336 g/mol. The fourth-order valence-electron chi connectivity index (χ4n) is 2.27. The van der Waals surface area contributed by atoms with Crippen LogP contribution in [0.1, 0.15) is 32.2 Å². The van der Waals surface area contributed by atoms with Gasteiger partial charge in [-0.15, -0.1) is 0 Å². The molecule has 128 valence electrons. The van der Waals surface area contributed by atoms with E-state index in [9.17, 15) is 4.79 Å². The lowest BCUT2D eigenvalue weighted by Gasteiger charge is -2.19. The van der Waals surface area contributed by atoms with Gasteiger partial charge in [0.25, 0.3) is 0 Å². The van der Waals surface area contributed by atoms with Crippen molar-refractivity contribution in [2.45, 2.75) is 26.4 Å². The third-order valence-electron chi connectivity index (χ3n) is 3.33. The smallest absolute Gasteiger partial charge is 0.435 e. The van der Waals surface area contributed by atoms with E-state index in [1.54, 1.807) is 24.5 Å². The van der Waals surface area contributed by atoms with Crippen LogP contribution in [0.15, 0.2) is 59.2 Å². The zero-order valence-electron chi connectivity index (χ0n) is 14.5. The number of rotatable bonds is 3. The highest BCUT2D eigenvalue weighted by atomic mass is 16.6. The molecule has 0 spiro atoms. The summed E-state index contributed by atoms with van der Waals surface area (Å²) in [5, 5.41) is 4.42. The van der Waals surface area contributed by atoms with Crippen molar-refractivity contribution in [1.29, 1.82) is 0 Å². The van der Waals surface area contributed by atoms with Crippen molar-refractivity contribution in [2.75, 3.05) is 0 Å². The van der Waals surface area contributed by atoms with Gasteiger partial charge in [0, 0.05) is 5.56 Å². The summed E-state index contributed by atoms with van der Waals surface area (Å²) < 4.78 is 12.0. The maximum atomic E-state index is 12.5. The second kappa shape index (κ2) is 6.81. The number of benzene rings is 1. The van der Waals surface area contributed by atoms with Gasteiger partial charge in [0.2, 0.25) is 0 Å². The number of nitrogens with zero attached hydrogens (tertiary/aromatic N) is 2. The van der Waals surface area contributed by atoms with Crippen LogP contribution in [0.2, 0.25) is 0 Å². The number of hydrogen-bond donors (Lipinski definition) is 0. The molecule has 0 saturated carbocycles. The molecular weight excluding hydrogens is 316 g/mol. The first kappa shape index (κ1) is 16.8. The summed E-state index contributed by atoms with van der Waals surface area (Å²) in [7, 11) is 0. The summed E-state index contributed by atoms with van der Waals surface area (Å²) in [6, 6.07) is 15.2. The molecule has 0 aliphatic rings. The van der Waals surface area contributed by atoms with Crippen LogP contribution in [-0.4, -0.2) is 21.5 Å². The van der Waals surface area contributed by atoms with Crippen LogP contribution in [-0.2, 0) is 4.74 Å². The topological polar surface area (TPSA) is 57.3 Å². The fourth-order valence-corrected chi connectivity index (χ4v) is 2.27. The molecule has 1 aromatic carbocycles. The maximum absolute atomic E-state index is 12.5. The highest BCUT2D eigenvalue weighted by molar-refractivity contribution is 5.78. The summed E-state index contributed by atoms with van der Waals surface area (Å²) in [5.74, 6) is 0.693. The molecule has 25 heavy (non-hydrogen) atoms. The third-order valence-corrected chi connectivity index (χ3v) is 3.33. The molecule has 5 heteroatoms. The van der Waals surface area contributed by atoms with Crippen molar-refractivity contribution >= 4 is 18.2 Å². The number of furan rings is 1. The van der Waals surface area contributed by atoms with Gasteiger partial charge in [-0.3, -0.25) is 0 Å². The molecule has 2 aromatic heterocycles. The average Bonchev–Trinajstić information content (AvgIpc) is 3.22. The predicted octanol–water partition coefficient (Wildman–Crippen LogP) is 5.10. The number of aromatic nitrogens is 2. The summed E-state index contributed by atoms with van der Waals surface area (Å²) in [6.07, 6.45) is 4.64. The molecule has 0 fully saturated rings. The highest BCUT2D eigenvalue weighted by Gasteiger charge is 2.21. The molecule has 0 saturated heterocycles. The number of hydrogen-bond acceptors (Lipinski definition) is 4. The monoisotopic (exact) mass is 336 g/mol. The third kappa shape index (κ3) is 4.26. The Balaban J connectivity index is 1.98. The molecule has 0 N–H and O–H groups in total. The van der Waals surface area contributed by atoms with Crippen molar-refractivity contribution < 1.29 is 13.9 Å². The minimum absolute atomic E-state index is 0.520. The van der Waals surface area contributed by atoms with Gasteiger partial charge in [-0.25, -0.2) is 4.79 Å². The van der Waals surface area contributed by atoms with Gasteiger partial charge in [-0.1, -0.05) is 30.3 Å². The molecule has 0 radical (unpaired) electrons. The summed E-state index contributed by atoms with van der Waals surface area (Å²) in [4.78, 5) is 12.5. The predicted molar refractivity (Wildman–Crippen MR) is 96.9 cm³/mol. The van der Waals surface area contributed by atoms with Gasteiger partial charge in [0.05, 0.1) is 17.7 Å². The van der Waals surface area contributed by atoms with Gasteiger partial charge >= 0.3 is 6.09 Å². The van der Waals surface area contributed by atoms with Gasteiger partial charge in [-0.2, -0.15) is 9.78 Å². The van der Waals surface area contributed by atoms with E-state index in [4.69, 9.17) is 9.15 Å². The Morgan fingerprint density at radius 2 is 1.88 bits per heavy atom. The molecule has 0 bridgehead atoms. The van der Waals surface area contributed by atoms with Crippen molar-refractivity contribution in [3.63, 3.8) is 0 Å².